The van der Waals surface area contributed by atoms with Gasteiger partial charge in [0.1, 0.15) is 5.82 Å². The van der Waals surface area contributed by atoms with Crippen LogP contribution >= 0.6 is 15.9 Å². The zero-order valence-corrected chi connectivity index (χ0v) is 12.3. The molecule has 0 saturated carbocycles. The molecule has 0 aliphatic carbocycles. The van der Waals surface area contributed by atoms with E-state index in [1.165, 1.54) is 0 Å². The fraction of sp³-hybridized carbons (Fsp3) is 0.417. The summed E-state index contributed by atoms with van der Waals surface area (Å²) in [5, 5.41) is 4.47. The molecule has 2 rings (SSSR count). The summed E-state index contributed by atoms with van der Waals surface area (Å²) in [6.07, 6.45) is 3.28. The largest absolute Gasteiger partial charge is 0.397 e. The molecule has 2 aromatic heterocycles. The summed E-state index contributed by atoms with van der Waals surface area (Å²) in [5.74, 6) is 2.48. The Morgan fingerprint density at radius 1 is 1.33 bits per heavy atom. The van der Waals surface area contributed by atoms with Crippen molar-refractivity contribution in [2.24, 2.45) is 0 Å². The van der Waals surface area contributed by atoms with Gasteiger partial charge >= 0.3 is 0 Å². The van der Waals surface area contributed by atoms with Crippen molar-refractivity contribution >= 4 is 21.6 Å². The van der Waals surface area contributed by atoms with E-state index < -0.39 is 0 Å². The first kappa shape index (κ1) is 13.0. The van der Waals surface area contributed by atoms with Crippen LogP contribution in [0.2, 0.25) is 0 Å². The third-order valence-corrected chi connectivity index (χ3v) is 3.78. The number of pyridine rings is 1. The third-order valence-electron chi connectivity index (χ3n) is 2.84. The van der Waals surface area contributed by atoms with Gasteiger partial charge in [0.05, 0.1) is 16.4 Å². The Labute approximate surface area is 115 Å². The number of nitrogen functional groups attached to an aromatic ring is 1. The van der Waals surface area contributed by atoms with Crippen molar-refractivity contribution in [3.63, 3.8) is 0 Å². The standard InChI is InChI=1S/C12H16BrN5/c1-4-9-16-10(5-2)18(17-9)12-11(13)7(3)8(14)6-15-12/h6H,4-5,14H2,1-3H3. The Bertz CT molecular complexity index is 576. The van der Waals surface area contributed by atoms with Crippen molar-refractivity contribution in [1.82, 2.24) is 19.7 Å². The minimum absolute atomic E-state index is 0.666. The van der Waals surface area contributed by atoms with E-state index in [9.17, 15) is 0 Å². The van der Waals surface area contributed by atoms with Crippen molar-refractivity contribution < 1.29 is 0 Å². The summed E-state index contributed by atoms with van der Waals surface area (Å²) in [6.45, 7) is 6.04. The highest BCUT2D eigenvalue weighted by molar-refractivity contribution is 9.10. The molecule has 0 fully saturated rings. The number of aryl methyl sites for hydroxylation is 2. The second kappa shape index (κ2) is 5.06. The molecule has 0 saturated heterocycles. The van der Waals surface area contributed by atoms with Gasteiger partial charge in [0, 0.05) is 12.8 Å². The molecule has 18 heavy (non-hydrogen) atoms. The highest BCUT2D eigenvalue weighted by Gasteiger charge is 2.15. The second-order valence-corrected chi connectivity index (χ2v) is 4.83. The molecule has 2 heterocycles. The fourth-order valence-corrected chi connectivity index (χ4v) is 2.17. The molecule has 96 valence electrons. The first-order valence-electron chi connectivity index (χ1n) is 5.94. The summed E-state index contributed by atoms with van der Waals surface area (Å²) in [6, 6.07) is 0. The van der Waals surface area contributed by atoms with Crippen LogP contribution in [0.4, 0.5) is 5.69 Å². The van der Waals surface area contributed by atoms with E-state index >= 15 is 0 Å². The van der Waals surface area contributed by atoms with E-state index in [1.807, 2.05) is 13.8 Å². The Morgan fingerprint density at radius 3 is 2.67 bits per heavy atom. The number of hydrogen-bond donors (Lipinski definition) is 1. The third kappa shape index (κ3) is 2.12. The Morgan fingerprint density at radius 2 is 2.06 bits per heavy atom. The molecule has 0 unspecified atom stereocenters. The SMILES string of the molecule is CCc1nc(CC)n(-c2ncc(N)c(C)c2Br)n1. The van der Waals surface area contributed by atoms with Gasteiger partial charge in [0.25, 0.3) is 0 Å². The van der Waals surface area contributed by atoms with Gasteiger partial charge < -0.3 is 5.73 Å². The van der Waals surface area contributed by atoms with Gasteiger partial charge in [-0.05, 0) is 28.4 Å². The zero-order valence-electron chi connectivity index (χ0n) is 10.7. The Kier molecular flexibility index (Phi) is 3.65. The van der Waals surface area contributed by atoms with E-state index in [-0.39, 0.29) is 0 Å². The van der Waals surface area contributed by atoms with Gasteiger partial charge in [-0.15, -0.1) is 5.10 Å². The average Bonchev–Trinajstić information content (AvgIpc) is 2.79. The van der Waals surface area contributed by atoms with Crippen molar-refractivity contribution in [2.75, 3.05) is 5.73 Å². The first-order valence-corrected chi connectivity index (χ1v) is 6.73. The van der Waals surface area contributed by atoms with Crippen LogP contribution in [-0.4, -0.2) is 19.7 Å². The minimum Gasteiger partial charge on any atom is -0.397 e. The number of nitrogens with zero attached hydrogens (tertiary/aromatic N) is 4. The van der Waals surface area contributed by atoms with E-state index in [2.05, 4.69) is 37.9 Å². The predicted octanol–water partition coefficient (Wildman–Crippen LogP) is 2.44. The molecule has 0 amide bonds. The summed E-state index contributed by atoms with van der Waals surface area (Å²) in [7, 11) is 0. The lowest BCUT2D eigenvalue weighted by atomic mass is 10.2. The highest BCUT2D eigenvalue weighted by atomic mass is 79.9. The van der Waals surface area contributed by atoms with Crippen molar-refractivity contribution in [3.8, 4) is 5.82 Å². The summed E-state index contributed by atoms with van der Waals surface area (Å²) in [4.78, 5) is 8.83. The zero-order chi connectivity index (χ0) is 13.3. The molecule has 2 N–H and O–H groups in total. The molecule has 0 aliphatic heterocycles. The highest BCUT2D eigenvalue weighted by Crippen LogP contribution is 2.27. The molecule has 2 aromatic rings. The number of rotatable bonds is 3. The minimum atomic E-state index is 0.666. The lowest BCUT2D eigenvalue weighted by Crippen LogP contribution is -2.07. The lowest BCUT2D eigenvalue weighted by Gasteiger charge is -2.09. The van der Waals surface area contributed by atoms with E-state index in [1.54, 1.807) is 10.9 Å². The molecular weight excluding hydrogens is 294 g/mol. The topological polar surface area (TPSA) is 69.6 Å². The Hall–Kier alpha value is -1.43. The van der Waals surface area contributed by atoms with Gasteiger partial charge in [-0.2, -0.15) is 4.68 Å². The lowest BCUT2D eigenvalue weighted by molar-refractivity contribution is 0.764. The second-order valence-electron chi connectivity index (χ2n) is 4.04. The van der Waals surface area contributed by atoms with Gasteiger partial charge in [-0.3, -0.25) is 0 Å². The van der Waals surface area contributed by atoms with Crippen LogP contribution in [-0.2, 0) is 12.8 Å². The van der Waals surface area contributed by atoms with Gasteiger partial charge in [-0.25, -0.2) is 9.97 Å². The van der Waals surface area contributed by atoms with E-state index in [0.717, 1.165) is 40.3 Å². The van der Waals surface area contributed by atoms with Crippen molar-refractivity contribution in [2.45, 2.75) is 33.6 Å². The molecule has 0 aliphatic rings. The smallest absolute Gasteiger partial charge is 0.170 e. The Balaban J connectivity index is 2.61. The number of nitrogens with two attached hydrogens (primary N) is 1. The van der Waals surface area contributed by atoms with Crippen LogP contribution < -0.4 is 5.73 Å². The molecule has 0 radical (unpaired) electrons. The maximum absolute atomic E-state index is 5.83. The average molecular weight is 310 g/mol. The van der Waals surface area contributed by atoms with Crippen LogP contribution in [0.15, 0.2) is 10.7 Å². The normalized spacial score (nSPS) is 10.9. The van der Waals surface area contributed by atoms with Gasteiger partial charge in [0.15, 0.2) is 11.6 Å². The van der Waals surface area contributed by atoms with Crippen LogP contribution in [0.25, 0.3) is 5.82 Å². The number of aromatic nitrogens is 4. The monoisotopic (exact) mass is 309 g/mol. The molecule has 0 aromatic carbocycles. The van der Waals surface area contributed by atoms with Crippen LogP contribution in [0, 0.1) is 6.92 Å². The van der Waals surface area contributed by atoms with Gasteiger partial charge in [-0.1, -0.05) is 13.8 Å². The summed E-state index contributed by atoms with van der Waals surface area (Å²) < 4.78 is 2.65. The fourth-order valence-electron chi connectivity index (χ4n) is 1.67. The van der Waals surface area contributed by atoms with E-state index in [4.69, 9.17) is 5.73 Å². The molecule has 6 heteroatoms. The number of hydrogen-bond acceptors (Lipinski definition) is 4. The first-order chi connectivity index (χ1) is 8.58. The van der Waals surface area contributed by atoms with Crippen LogP contribution in [0.1, 0.15) is 31.1 Å². The van der Waals surface area contributed by atoms with Crippen molar-refractivity contribution in [1.29, 1.82) is 0 Å². The van der Waals surface area contributed by atoms with Gasteiger partial charge in [0.2, 0.25) is 0 Å². The molecular formula is C12H16BrN5. The quantitative estimate of drug-likeness (QED) is 0.945. The summed E-state index contributed by atoms with van der Waals surface area (Å²) in [5.41, 5.74) is 7.47. The maximum Gasteiger partial charge on any atom is 0.170 e. The number of anilines is 1. The van der Waals surface area contributed by atoms with Crippen molar-refractivity contribution in [3.05, 3.63) is 27.9 Å². The van der Waals surface area contributed by atoms with Crippen LogP contribution in [0.5, 0.6) is 0 Å². The molecule has 0 spiro atoms. The van der Waals surface area contributed by atoms with E-state index in [0.29, 0.717) is 5.69 Å². The predicted molar refractivity (Wildman–Crippen MR) is 74.8 cm³/mol. The summed E-state index contributed by atoms with van der Waals surface area (Å²) >= 11 is 3.53. The molecule has 5 nitrogen and oxygen atoms in total. The molecule has 0 atom stereocenters. The maximum atomic E-state index is 5.83. The van der Waals surface area contributed by atoms with Crippen LogP contribution in [0.3, 0.4) is 0 Å². The number of halogens is 1. The molecule has 0 bridgehead atoms.